The predicted octanol–water partition coefficient (Wildman–Crippen LogP) is 0.254. The lowest BCUT2D eigenvalue weighted by Gasteiger charge is -2.28. The Morgan fingerprint density at radius 2 is 2.04 bits per heavy atom. The van der Waals surface area contributed by atoms with E-state index in [0.717, 1.165) is 37.7 Å². The smallest absolute Gasteiger partial charge is 0.271 e. The van der Waals surface area contributed by atoms with E-state index in [4.69, 9.17) is 4.74 Å². The summed E-state index contributed by atoms with van der Waals surface area (Å²) < 4.78 is 5.35. The Morgan fingerprint density at radius 1 is 1.20 bits per heavy atom. The summed E-state index contributed by atoms with van der Waals surface area (Å²) in [5.74, 6) is 0.427. The number of nitrogens with one attached hydrogen (secondary N) is 2. The molecule has 1 saturated heterocycles. The number of morpholine rings is 1. The third kappa shape index (κ3) is 4.83. The first-order chi connectivity index (χ1) is 12.2. The standard InChI is InChI=1S/C16H21N7O2/c1-12-9-20-14(11-19-12)16(24)18-3-2-17-15-8-13(10-21-22-15)23-4-6-25-7-5-23/h8-11H,2-7H2,1H3,(H,17,22)(H,18,24). The first-order valence-corrected chi connectivity index (χ1v) is 8.18. The van der Waals surface area contributed by atoms with E-state index in [0.29, 0.717) is 24.6 Å². The number of anilines is 2. The number of hydrogen-bond acceptors (Lipinski definition) is 8. The van der Waals surface area contributed by atoms with Crippen LogP contribution in [0.15, 0.2) is 24.7 Å². The second-order valence-electron chi connectivity index (χ2n) is 5.62. The van der Waals surface area contributed by atoms with E-state index < -0.39 is 0 Å². The van der Waals surface area contributed by atoms with Crippen LogP contribution >= 0.6 is 0 Å². The van der Waals surface area contributed by atoms with Crippen molar-refractivity contribution in [3.63, 3.8) is 0 Å². The molecule has 1 aliphatic heterocycles. The second kappa shape index (κ2) is 8.34. The minimum absolute atomic E-state index is 0.248. The highest BCUT2D eigenvalue weighted by Crippen LogP contribution is 2.16. The molecule has 0 saturated carbocycles. The van der Waals surface area contributed by atoms with Crippen LogP contribution in [0.2, 0.25) is 0 Å². The zero-order chi connectivity index (χ0) is 17.5. The molecule has 9 nitrogen and oxygen atoms in total. The molecular formula is C16H21N7O2. The number of rotatable bonds is 6. The Hall–Kier alpha value is -2.81. The van der Waals surface area contributed by atoms with Gasteiger partial charge in [-0.15, -0.1) is 5.10 Å². The molecule has 1 aliphatic rings. The van der Waals surface area contributed by atoms with Gasteiger partial charge in [-0.1, -0.05) is 0 Å². The van der Waals surface area contributed by atoms with Crippen LogP contribution in [0.3, 0.4) is 0 Å². The molecule has 1 amide bonds. The molecule has 25 heavy (non-hydrogen) atoms. The second-order valence-corrected chi connectivity index (χ2v) is 5.62. The summed E-state index contributed by atoms with van der Waals surface area (Å²) >= 11 is 0. The molecule has 0 aromatic carbocycles. The zero-order valence-electron chi connectivity index (χ0n) is 14.1. The van der Waals surface area contributed by atoms with E-state index in [2.05, 4.69) is 35.7 Å². The monoisotopic (exact) mass is 343 g/mol. The summed E-state index contributed by atoms with van der Waals surface area (Å²) in [5.41, 5.74) is 2.09. The average molecular weight is 343 g/mol. The lowest BCUT2D eigenvalue weighted by Crippen LogP contribution is -2.36. The third-order valence-corrected chi connectivity index (χ3v) is 3.75. The molecule has 0 aliphatic carbocycles. The van der Waals surface area contributed by atoms with Gasteiger partial charge in [0.25, 0.3) is 5.91 Å². The molecule has 0 spiro atoms. The Balaban J connectivity index is 1.45. The van der Waals surface area contributed by atoms with Crippen molar-refractivity contribution < 1.29 is 9.53 Å². The van der Waals surface area contributed by atoms with Gasteiger partial charge in [0.1, 0.15) is 5.69 Å². The van der Waals surface area contributed by atoms with Crippen LogP contribution in [0.5, 0.6) is 0 Å². The largest absolute Gasteiger partial charge is 0.378 e. The Labute approximate surface area is 145 Å². The van der Waals surface area contributed by atoms with Crippen molar-refractivity contribution >= 4 is 17.4 Å². The highest BCUT2D eigenvalue weighted by Gasteiger charge is 2.12. The summed E-state index contributed by atoms with van der Waals surface area (Å²) in [4.78, 5) is 22.3. The molecule has 2 N–H and O–H groups in total. The first-order valence-electron chi connectivity index (χ1n) is 8.18. The molecule has 2 aromatic rings. The fraction of sp³-hybridized carbons (Fsp3) is 0.438. The maximum Gasteiger partial charge on any atom is 0.271 e. The number of amides is 1. The van der Waals surface area contributed by atoms with Crippen LogP contribution in [0.25, 0.3) is 0 Å². The van der Waals surface area contributed by atoms with Gasteiger partial charge in [-0.05, 0) is 6.92 Å². The van der Waals surface area contributed by atoms with Gasteiger partial charge >= 0.3 is 0 Å². The molecule has 0 radical (unpaired) electrons. The number of carbonyl (C=O) groups is 1. The Bertz CT molecular complexity index is 702. The number of hydrogen-bond donors (Lipinski definition) is 2. The lowest BCUT2D eigenvalue weighted by atomic mass is 10.3. The molecule has 0 atom stereocenters. The van der Waals surface area contributed by atoms with Crippen LogP contribution in [0, 0.1) is 6.92 Å². The van der Waals surface area contributed by atoms with Crippen LogP contribution in [-0.2, 0) is 4.74 Å². The summed E-state index contributed by atoms with van der Waals surface area (Å²) in [7, 11) is 0. The predicted molar refractivity (Wildman–Crippen MR) is 92.7 cm³/mol. The van der Waals surface area contributed by atoms with Crippen LogP contribution < -0.4 is 15.5 Å². The highest BCUT2D eigenvalue weighted by atomic mass is 16.5. The van der Waals surface area contributed by atoms with Gasteiger partial charge in [0, 0.05) is 38.4 Å². The van der Waals surface area contributed by atoms with Crippen molar-refractivity contribution in [2.75, 3.05) is 49.6 Å². The number of carbonyl (C=O) groups excluding carboxylic acids is 1. The Kier molecular flexibility index (Phi) is 5.68. The molecule has 3 rings (SSSR count). The quantitative estimate of drug-likeness (QED) is 0.719. The SMILES string of the molecule is Cc1cnc(C(=O)NCCNc2cc(N3CCOCC3)cnn2)cn1. The number of ether oxygens (including phenoxy) is 1. The zero-order valence-corrected chi connectivity index (χ0v) is 14.1. The maximum absolute atomic E-state index is 11.9. The lowest BCUT2D eigenvalue weighted by molar-refractivity contribution is 0.0949. The molecular weight excluding hydrogens is 322 g/mol. The topological polar surface area (TPSA) is 105 Å². The van der Waals surface area contributed by atoms with E-state index >= 15 is 0 Å². The number of aromatic nitrogens is 4. The molecule has 0 unspecified atom stereocenters. The normalized spacial score (nSPS) is 14.2. The number of aryl methyl sites for hydroxylation is 1. The summed E-state index contributed by atoms with van der Waals surface area (Å²) in [6.07, 6.45) is 4.78. The van der Waals surface area contributed by atoms with Crippen LogP contribution in [-0.4, -0.2) is 65.5 Å². The summed E-state index contributed by atoms with van der Waals surface area (Å²) in [6, 6.07) is 1.95. The van der Waals surface area contributed by atoms with Gasteiger partial charge < -0.3 is 20.3 Å². The molecule has 132 valence electrons. The summed E-state index contributed by atoms with van der Waals surface area (Å²) in [6.45, 7) is 5.93. The van der Waals surface area contributed by atoms with Crippen molar-refractivity contribution in [3.05, 3.63) is 36.0 Å². The minimum Gasteiger partial charge on any atom is -0.378 e. The van der Waals surface area contributed by atoms with Gasteiger partial charge in [-0.3, -0.25) is 9.78 Å². The number of nitrogens with zero attached hydrogens (tertiary/aromatic N) is 5. The van der Waals surface area contributed by atoms with Gasteiger partial charge in [0.2, 0.25) is 0 Å². The Morgan fingerprint density at radius 3 is 2.80 bits per heavy atom. The molecule has 0 bridgehead atoms. The van der Waals surface area contributed by atoms with Gasteiger partial charge in [0.05, 0.1) is 37.0 Å². The van der Waals surface area contributed by atoms with Crippen LogP contribution in [0.4, 0.5) is 11.5 Å². The fourth-order valence-electron chi connectivity index (χ4n) is 2.40. The van der Waals surface area contributed by atoms with Gasteiger partial charge in [-0.2, -0.15) is 5.10 Å². The summed E-state index contributed by atoms with van der Waals surface area (Å²) in [5, 5.41) is 14.0. The van der Waals surface area contributed by atoms with Crippen molar-refractivity contribution in [3.8, 4) is 0 Å². The van der Waals surface area contributed by atoms with E-state index in [-0.39, 0.29) is 5.91 Å². The van der Waals surface area contributed by atoms with Crippen molar-refractivity contribution in [1.82, 2.24) is 25.5 Å². The maximum atomic E-state index is 11.9. The van der Waals surface area contributed by atoms with Crippen molar-refractivity contribution in [2.45, 2.75) is 6.92 Å². The van der Waals surface area contributed by atoms with Crippen LogP contribution in [0.1, 0.15) is 16.2 Å². The molecule has 3 heterocycles. The average Bonchev–Trinajstić information content (AvgIpc) is 2.66. The van der Waals surface area contributed by atoms with Crippen molar-refractivity contribution in [1.29, 1.82) is 0 Å². The first kappa shape index (κ1) is 17.0. The molecule has 1 fully saturated rings. The van der Waals surface area contributed by atoms with Gasteiger partial charge in [0.15, 0.2) is 5.82 Å². The van der Waals surface area contributed by atoms with E-state index in [1.54, 1.807) is 12.4 Å². The molecule has 2 aromatic heterocycles. The van der Waals surface area contributed by atoms with E-state index in [9.17, 15) is 4.79 Å². The van der Waals surface area contributed by atoms with E-state index in [1.165, 1.54) is 6.20 Å². The highest BCUT2D eigenvalue weighted by molar-refractivity contribution is 5.91. The molecule has 9 heteroatoms. The minimum atomic E-state index is -0.248. The van der Waals surface area contributed by atoms with Gasteiger partial charge in [-0.25, -0.2) is 4.98 Å². The fourth-order valence-corrected chi connectivity index (χ4v) is 2.40. The third-order valence-electron chi connectivity index (χ3n) is 3.75. The van der Waals surface area contributed by atoms with Crippen molar-refractivity contribution in [2.24, 2.45) is 0 Å². The van der Waals surface area contributed by atoms with E-state index in [1.807, 2.05) is 13.0 Å².